The van der Waals surface area contributed by atoms with Crippen LogP contribution in [-0.4, -0.2) is 18.3 Å². The molecule has 0 amide bonds. The van der Waals surface area contributed by atoms with E-state index in [0.29, 0.717) is 0 Å². The zero-order chi connectivity index (χ0) is 93.0. The molecule has 0 radical (unpaired) electrons. The summed E-state index contributed by atoms with van der Waals surface area (Å²) in [6.07, 6.45) is 4.18. The molecule has 0 saturated heterocycles. The first-order valence-electron chi connectivity index (χ1n) is 49.6. The normalized spacial score (nSPS) is 10.9. The van der Waals surface area contributed by atoms with Crippen LogP contribution in [0.4, 0.5) is 0 Å². The summed E-state index contributed by atoms with van der Waals surface area (Å²) in [5, 5.41) is 22.0. The first kappa shape index (κ1) is 102. The maximum atomic E-state index is 2.49. The van der Waals surface area contributed by atoms with Crippen molar-refractivity contribution >= 4 is 130 Å². The summed E-state index contributed by atoms with van der Waals surface area (Å²) >= 11 is 0. The fourth-order valence-electron chi connectivity index (χ4n) is 19.6. The van der Waals surface area contributed by atoms with Crippen molar-refractivity contribution in [2.24, 2.45) is 0 Å². The minimum Gasteiger partial charge on any atom is -0.341 e. The quantitative estimate of drug-likeness (QED) is 0.167. The van der Waals surface area contributed by atoms with Crippen molar-refractivity contribution in [3.05, 3.63) is 336 Å². The van der Waals surface area contributed by atoms with Crippen molar-refractivity contribution < 1.29 is 0 Å². The standard InChI is InChI=1S/4C25H19N.12C2H6.CH4/c1-2-26-22-14-12-18-15-17-8-4-5-9-19(17)23(18)24(22)21-13-11-16-7-3-6-10-20(16)25(21)26;1-2-26-21-13-11-16-7-3-5-9-19(16)24(21)25-22(26)14-12-18-15-17-8-4-6-10-20(17)23(18)25;1-2-26-22-14-8-7-13-20(22)24-23-17-10-4-3-9-16(17)15-21(23)18-11-5-6-12-19(18)25(24)26;1-2-26-22-12-11-19-13-18-9-5-6-10-20(18)24(19)25(22)21-14-16-7-3-4-8-17(16)15-23(21)26;12*1-2;/h3*3-14H,2,15H2,1H3;3-12,14-15H,2,13H2,1H3;12*1-2H3;1H4. The molecule has 0 spiro atoms. The minimum absolute atomic E-state index is 0. The molecule has 0 saturated carbocycles. The number of hydrogen-bond donors (Lipinski definition) is 0. The second kappa shape index (κ2) is 49.4. The van der Waals surface area contributed by atoms with Crippen LogP contribution in [0.1, 0.15) is 246 Å². The molecule has 0 N–H and O–H groups in total. The van der Waals surface area contributed by atoms with E-state index < -0.39 is 0 Å². The topological polar surface area (TPSA) is 19.7 Å². The average molecular weight is 1710 g/mol. The van der Waals surface area contributed by atoms with E-state index in [1.807, 2.05) is 166 Å². The van der Waals surface area contributed by atoms with Gasteiger partial charge in [-0.25, -0.2) is 0 Å². The summed E-state index contributed by atoms with van der Waals surface area (Å²) in [5.74, 6) is 0. The number of para-hydroxylation sites is 1. The Kier molecular flexibility index (Phi) is 39.1. The second-order valence-electron chi connectivity index (χ2n) is 29.0. The van der Waals surface area contributed by atoms with Gasteiger partial charge in [0.15, 0.2) is 0 Å². The van der Waals surface area contributed by atoms with E-state index in [4.69, 9.17) is 0 Å². The van der Waals surface area contributed by atoms with Crippen LogP contribution in [0.2, 0.25) is 0 Å². The van der Waals surface area contributed by atoms with Gasteiger partial charge in [0.2, 0.25) is 0 Å². The molecule has 129 heavy (non-hydrogen) atoms. The van der Waals surface area contributed by atoms with Crippen molar-refractivity contribution in [1.82, 2.24) is 18.3 Å². The highest BCUT2D eigenvalue weighted by Crippen LogP contribution is 2.52. The van der Waals surface area contributed by atoms with Crippen molar-refractivity contribution in [3.8, 4) is 44.5 Å². The lowest BCUT2D eigenvalue weighted by Crippen LogP contribution is -1.95. The van der Waals surface area contributed by atoms with Gasteiger partial charge in [-0.05, 0) is 217 Å². The molecule has 4 nitrogen and oxygen atoms in total. The lowest BCUT2D eigenvalue weighted by molar-refractivity contribution is 0.827. The largest absolute Gasteiger partial charge is 0.341 e. The zero-order valence-electron chi connectivity index (χ0n) is 83.2. The summed E-state index contributed by atoms with van der Waals surface area (Å²) in [5.41, 5.74) is 34.0. The molecule has 24 rings (SSSR count). The van der Waals surface area contributed by atoms with Gasteiger partial charge in [-0.1, -0.05) is 422 Å². The minimum atomic E-state index is 0. The molecule has 0 bridgehead atoms. The second-order valence-corrected chi connectivity index (χ2v) is 29.0. The molecule has 4 heteroatoms. The Morgan fingerprint density at radius 3 is 0.984 bits per heavy atom. The third kappa shape index (κ3) is 18.6. The fraction of sp³-hybridized carbons (Fsp3) is 0.296. The number of aryl methyl sites for hydroxylation is 4. The Balaban J connectivity index is 0.000000196. The van der Waals surface area contributed by atoms with E-state index in [2.05, 4.69) is 337 Å². The molecular formula is C125H152N4. The van der Waals surface area contributed by atoms with Gasteiger partial charge in [0, 0.05) is 113 Å². The summed E-state index contributed by atoms with van der Waals surface area (Å²) in [6, 6.07) is 108. The molecule has 0 fully saturated rings. The molecule has 4 heterocycles. The number of aromatic nitrogens is 4. The van der Waals surface area contributed by atoms with E-state index >= 15 is 0 Å². The maximum Gasteiger partial charge on any atom is 0.0577 e. The van der Waals surface area contributed by atoms with Crippen molar-refractivity contribution in [1.29, 1.82) is 0 Å². The predicted octanol–water partition coefficient (Wildman–Crippen LogP) is 39.1. The Labute approximate surface area is 776 Å². The van der Waals surface area contributed by atoms with Gasteiger partial charge in [-0.15, -0.1) is 0 Å². The summed E-state index contributed by atoms with van der Waals surface area (Å²) in [6.45, 7) is 60.9. The van der Waals surface area contributed by atoms with E-state index in [1.54, 1.807) is 0 Å². The number of hydrogen-bond acceptors (Lipinski definition) is 0. The van der Waals surface area contributed by atoms with Crippen LogP contribution in [0, 0.1) is 0 Å². The molecule has 0 aliphatic heterocycles. The van der Waals surface area contributed by atoms with Gasteiger partial charge in [0.25, 0.3) is 0 Å². The van der Waals surface area contributed by atoms with Gasteiger partial charge in [0.1, 0.15) is 0 Å². The molecule has 4 aliphatic rings. The van der Waals surface area contributed by atoms with E-state index in [0.717, 1.165) is 51.9 Å². The van der Waals surface area contributed by atoms with E-state index in [1.165, 1.54) is 219 Å². The monoisotopic (exact) mass is 1710 g/mol. The molecule has 4 aromatic heterocycles. The summed E-state index contributed by atoms with van der Waals surface area (Å²) in [4.78, 5) is 0. The Hall–Kier alpha value is -12.2. The molecule has 20 aromatic rings. The summed E-state index contributed by atoms with van der Waals surface area (Å²) < 4.78 is 9.93. The van der Waals surface area contributed by atoms with Crippen molar-refractivity contribution in [3.63, 3.8) is 0 Å². The van der Waals surface area contributed by atoms with Crippen LogP contribution in [0.15, 0.2) is 291 Å². The molecule has 16 aromatic carbocycles. The molecular weight excluding hydrogens is 1560 g/mol. The molecule has 4 aliphatic carbocycles. The lowest BCUT2D eigenvalue weighted by atomic mass is 9.93. The van der Waals surface area contributed by atoms with E-state index in [9.17, 15) is 0 Å². The molecule has 0 atom stereocenters. The fourth-order valence-corrected chi connectivity index (χ4v) is 19.6. The first-order chi connectivity index (χ1) is 63.5. The van der Waals surface area contributed by atoms with Gasteiger partial charge < -0.3 is 18.3 Å². The van der Waals surface area contributed by atoms with Crippen LogP contribution < -0.4 is 0 Å². The van der Waals surface area contributed by atoms with Crippen LogP contribution in [-0.2, 0) is 51.9 Å². The number of fused-ring (bicyclic) bond motifs is 36. The lowest BCUT2D eigenvalue weighted by Gasteiger charge is -2.12. The maximum absolute atomic E-state index is 2.49. The third-order valence-corrected chi connectivity index (χ3v) is 23.9. The van der Waals surface area contributed by atoms with E-state index in [-0.39, 0.29) is 7.43 Å². The highest BCUT2D eigenvalue weighted by atomic mass is 15.0. The van der Waals surface area contributed by atoms with Gasteiger partial charge in [0.05, 0.1) is 11.0 Å². The van der Waals surface area contributed by atoms with Crippen LogP contribution >= 0.6 is 0 Å². The zero-order valence-corrected chi connectivity index (χ0v) is 83.2. The van der Waals surface area contributed by atoms with Crippen LogP contribution in [0.25, 0.3) is 175 Å². The first-order valence-corrected chi connectivity index (χ1v) is 49.6. The Morgan fingerprint density at radius 1 is 0.186 bits per heavy atom. The van der Waals surface area contributed by atoms with Gasteiger partial charge in [-0.2, -0.15) is 0 Å². The smallest absolute Gasteiger partial charge is 0.0577 e. The summed E-state index contributed by atoms with van der Waals surface area (Å²) in [7, 11) is 0. The molecule has 672 valence electrons. The number of nitrogens with zero attached hydrogens (tertiary/aromatic N) is 4. The molecule has 0 unspecified atom stereocenters. The van der Waals surface area contributed by atoms with Crippen LogP contribution in [0.3, 0.4) is 0 Å². The van der Waals surface area contributed by atoms with Gasteiger partial charge in [-0.3, -0.25) is 0 Å². The SMILES string of the molecule is C.CC.CC.CC.CC.CC.CC.CC.CC.CC.CC.CC.CC.CCn1c2cc3ccccc3cc2c2c3c(ccc21)Cc1ccccc1-3.CCn1c2ccc3c(c2c2c4ccccc4ccc21)-c1ccccc1C3.CCn1c2ccc3c(c2c2ccc4ccccc4c21)-c1ccccc1C3.CCn1c2ccccc2c2c3c(c4ccccc4c21)Cc1ccccc1-3. The Bertz CT molecular complexity index is 6950. The van der Waals surface area contributed by atoms with Crippen LogP contribution in [0.5, 0.6) is 0 Å². The highest BCUT2D eigenvalue weighted by Gasteiger charge is 2.31. The number of rotatable bonds is 4. The number of benzene rings is 16. The van der Waals surface area contributed by atoms with Gasteiger partial charge >= 0.3 is 0 Å². The van der Waals surface area contributed by atoms with Crippen molar-refractivity contribution in [2.45, 2.75) is 253 Å². The predicted molar refractivity (Wildman–Crippen MR) is 586 cm³/mol. The average Bonchev–Trinajstić information content (AvgIpc) is 2.01. The Morgan fingerprint density at radius 2 is 0.504 bits per heavy atom. The third-order valence-electron chi connectivity index (χ3n) is 23.9. The highest BCUT2D eigenvalue weighted by molar-refractivity contribution is 6.28. The van der Waals surface area contributed by atoms with Crippen molar-refractivity contribution in [2.75, 3.05) is 0 Å².